The SMILES string of the molecule is Cc1ccc2nc(COc3ccc(C(=O)NNC(=O)c4ccccc4Cl)cc3)cn2c1. The topological polar surface area (TPSA) is 84.7 Å². The number of halogens is 1. The van der Waals surface area contributed by atoms with Crippen molar-refractivity contribution in [1.29, 1.82) is 0 Å². The Hall–Kier alpha value is -3.84. The number of hydrogen-bond donors (Lipinski definition) is 2. The number of benzene rings is 2. The van der Waals surface area contributed by atoms with Gasteiger partial charge in [0.15, 0.2) is 0 Å². The molecule has 0 radical (unpaired) electrons. The van der Waals surface area contributed by atoms with Gasteiger partial charge in [-0.3, -0.25) is 20.4 Å². The number of amides is 2. The molecule has 0 saturated heterocycles. The average Bonchev–Trinajstić information content (AvgIpc) is 3.18. The van der Waals surface area contributed by atoms with Crippen molar-refractivity contribution in [1.82, 2.24) is 20.2 Å². The highest BCUT2D eigenvalue weighted by Gasteiger charge is 2.12. The van der Waals surface area contributed by atoms with E-state index in [9.17, 15) is 9.59 Å². The third-order valence-electron chi connectivity index (χ3n) is 4.56. The van der Waals surface area contributed by atoms with Crippen molar-refractivity contribution in [2.75, 3.05) is 0 Å². The minimum atomic E-state index is -0.499. The summed E-state index contributed by atoms with van der Waals surface area (Å²) in [6.45, 7) is 2.33. The molecular formula is C23H19ClN4O3. The molecule has 0 atom stereocenters. The number of fused-ring (bicyclic) bond motifs is 1. The number of imidazole rings is 1. The van der Waals surface area contributed by atoms with Gasteiger partial charge in [-0.15, -0.1) is 0 Å². The molecule has 0 fully saturated rings. The van der Waals surface area contributed by atoms with Crippen LogP contribution >= 0.6 is 11.6 Å². The van der Waals surface area contributed by atoms with Gasteiger partial charge in [0.05, 0.1) is 16.3 Å². The van der Waals surface area contributed by atoms with Crippen LogP contribution in [0.25, 0.3) is 5.65 Å². The Kier molecular flexibility index (Phi) is 5.86. The van der Waals surface area contributed by atoms with E-state index in [0.717, 1.165) is 16.9 Å². The molecule has 2 aromatic heterocycles. The number of hydrazine groups is 1. The van der Waals surface area contributed by atoms with Crippen LogP contribution in [-0.4, -0.2) is 21.2 Å². The Bertz CT molecular complexity index is 1250. The van der Waals surface area contributed by atoms with Gasteiger partial charge < -0.3 is 9.14 Å². The molecule has 8 heteroatoms. The Labute approximate surface area is 183 Å². The number of ether oxygens (including phenoxy) is 1. The molecule has 0 aliphatic carbocycles. The second-order valence-electron chi connectivity index (χ2n) is 6.91. The van der Waals surface area contributed by atoms with Crippen molar-refractivity contribution in [3.05, 3.63) is 100 Å². The molecule has 0 spiro atoms. The van der Waals surface area contributed by atoms with Crippen molar-refractivity contribution in [2.45, 2.75) is 13.5 Å². The largest absolute Gasteiger partial charge is 0.487 e. The number of hydrogen-bond acceptors (Lipinski definition) is 4. The first-order valence-electron chi connectivity index (χ1n) is 9.52. The first-order valence-corrected chi connectivity index (χ1v) is 9.90. The molecule has 156 valence electrons. The number of carbonyl (C=O) groups is 2. The monoisotopic (exact) mass is 434 g/mol. The number of nitrogens with one attached hydrogen (secondary N) is 2. The van der Waals surface area contributed by atoms with Crippen LogP contribution < -0.4 is 15.6 Å². The van der Waals surface area contributed by atoms with Gasteiger partial charge in [0.1, 0.15) is 18.0 Å². The van der Waals surface area contributed by atoms with Gasteiger partial charge in [-0.25, -0.2) is 4.98 Å². The van der Waals surface area contributed by atoms with Crippen LogP contribution in [0.15, 0.2) is 73.1 Å². The summed E-state index contributed by atoms with van der Waals surface area (Å²) in [6, 6.07) is 17.1. The number of pyridine rings is 1. The maximum absolute atomic E-state index is 12.3. The predicted octanol–water partition coefficient (Wildman–Crippen LogP) is 3.95. The van der Waals surface area contributed by atoms with Crippen molar-refractivity contribution in [3.8, 4) is 5.75 Å². The third kappa shape index (κ3) is 4.84. The van der Waals surface area contributed by atoms with E-state index in [4.69, 9.17) is 16.3 Å². The highest BCUT2D eigenvalue weighted by atomic mass is 35.5. The van der Waals surface area contributed by atoms with Crippen molar-refractivity contribution >= 4 is 29.1 Å². The fourth-order valence-electron chi connectivity index (χ4n) is 2.98. The zero-order chi connectivity index (χ0) is 21.8. The van der Waals surface area contributed by atoms with E-state index in [2.05, 4.69) is 15.8 Å². The summed E-state index contributed by atoms with van der Waals surface area (Å²) in [5.74, 6) is -0.353. The Morgan fingerprint density at radius 1 is 0.968 bits per heavy atom. The molecule has 0 unspecified atom stereocenters. The first kappa shape index (κ1) is 20.4. The maximum Gasteiger partial charge on any atom is 0.271 e. The first-order chi connectivity index (χ1) is 15.0. The van der Waals surface area contributed by atoms with Gasteiger partial charge in [0.2, 0.25) is 0 Å². The van der Waals surface area contributed by atoms with Crippen LogP contribution in [0.2, 0.25) is 5.02 Å². The minimum Gasteiger partial charge on any atom is -0.487 e. The molecule has 0 aliphatic rings. The third-order valence-corrected chi connectivity index (χ3v) is 4.89. The smallest absolute Gasteiger partial charge is 0.271 e. The number of aromatic nitrogens is 2. The molecule has 4 rings (SSSR count). The summed E-state index contributed by atoms with van der Waals surface area (Å²) < 4.78 is 7.72. The van der Waals surface area contributed by atoms with E-state index in [1.807, 2.05) is 35.9 Å². The second-order valence-corrected chi connectivity index (χ2v) is 7.31. The Morgan fingerprint density at radius 3 is 2.48 bits per heavy atom. The molecule has 0 aliphatic heterocycles. The van der Waals surface area contributed by atoms with Crippen LogP contribution in [0.3, 0.4) is 0 Å². The Balaban J connectivity index is 1.32. The molecule has 31 heavy (non-hydrogen) atoms. The fourth-order valence-corrected chi connectivity index (χ4v) is 3.20. The lowest BCUT2D eigenvalue weighted by atomic mass is 10.2. The number of nitrogens with zero attached hydrogens (tertiary/aromatic N) is 2. The van der Waals surface area contributed by atoms with Crippen LogP contribution in [0, 0.1) is 6.92 Å². The number of aryl methyl sites for hydroxylation is 1. The lowest BCUT2D eigenvalue weighted by molar-refractivity contribution is 0.0846. The minimum absolute atomic E-state index is 0.273. The molecule has 2 heterocycles. The number of carbonyl (C=O) groups excluding carboxylic acids is 2. The summed E-state index contributed by atoms with van der Waals surface area (Å²) in [5, 5.41) is 0.302. The summed E-state index contributed by atoms with van der Waals surface area (Å²) >= 11 is 5.98. The van der Waals surface area contributed by atoms with Crippen molar-refractivity contribution < 1.29 is 14.3 Å². The second kappa shape index (κ2) is 8.89. The van der Waals surface area contributed by atoms with Gasteiger partial charge in [-0.05, 0) is 55.0 Å². The van der Waals surface area contributed by atoms with Crippen LogP contribution in [-0.2, 0) is 6.61 Å². The zero-order valence-electron chi connectivity index (χ0n) is 16.6. The Morgan fingerprint density at radius 2 is 1.71 bits per heavy atom. The van der Waals surface area contributed by atoms with E-state index in [0.29, 0.717) is 22.9 Å². The van der Waals surface area contributed by atoms with E-state index in [-0.39, 0.29) is 5.56 Å². The van der Waals surface area contributed by atoms with Gasteiger partial charge >= 0.3 is 0 Å². The predicted molar refractivity (Wildman–Crippen MR) is 117 cm³/mol. The number of rotatable bonds is 5. The van der Waals surface area contributed by atoms with E-state index in [1.165, 1.54) is 0 Å². The average molecular weight is 435 g/mol. The molecule has 4 aromatic rings. The highest BCUT2D eigenvalue weighted by Crippen LogP contribution is 2.16. The zero-order valence-corrected chi connectivity index (χ0v) is 17.4. The summed E-state index contributed by atoms with van der Waals surface area (Å²) in [5.41, 5.74) is 8.17. The molecule has 0 bridgehead atoms. The molecular weight excluding hydrogens is 416 g/mol. The highest BCUT2D eigenvalue weighted by molar-refractivity contribution is 6.33. The molecule has 2 N–H and O–H groups in total. The summed E-state index contributed by atoms with van der Waals surface area (Å²) in [6.07, 6.45) is 3.93. The van der Waals surface area contributed by atoms with E-state index in [1.54, 1.807) is 48.5 Å². The van der Waals surface area contributed by atoms with E-state index < -0.39 is 11.8 Å². The lowest BCUT2D eigenvalue weighted by Gasteiger charge is -2.09. The molecule has 2 amide bonds. The molecule has 2 aromatic carbocycles. The summed E-state index contributed by atoms with van der Waals surface area (Å²) in [4.78, 5) is 28.9. The molecule has 7 nitrogen and oxygen atoms in total. The van der Waals surface area contributed by atoms with Gasteiger partial charge in [-0.2, -0.15) is 0 Å². The molecule has 0 saturated carbocycles. The van der Waals surface area contributed by atoms with Crippen LogP contribution in [0.4, 0.5) is 0 Å². The normalized spacial score (nSPS) is 10.6. The van der Waals surface area contributed by atoms with Gasteiger partial charge in [-0.1, -0.05) is 29.8 Å². The lowest BCUT2D eigenvalue weighted by Crippen LogP contribution is -2.41. The van der Waals surface area contributed by atoms with Crippen LogP contribution in [0.5, 0.6) is 5.75 Å². The van der Waals surface area contributed by atoms with Gasteiger partial charge in [0.25, 0.3) is 11.8 Å². The fraction of sp³-hybridized carbons (Fsp3) is 0.0870. The van der Waals surface area contributed by atoms with Crippen molar-refractivity contribution in [3.63, 3.8) is 0 Å². The summed E-state index contributed by atoms with van der Waals surface area (Å²) in [7, 11) is 0. The van der Waals surface area contributed by atoms with Crippen molar-refractivity contribution in [2.24, 2.45) is 0 Å². The standard InChI is InChI=1S/C23H19ClN4O3/c1-15-6-11-21-25-17(13-28(21)12-15)14-31-18-9-7-16(8-10-18)22(29)26-27-23(30)19-4-2-3-5-20(19)24/h2-13H,14H2,1H3,(H,26,29)(H,27,30). The van der Waals surface area contributed by atoms with Gasteiger partial charge in [0, 0.05) is 18.0 Å². The maximum atomic E-state index is 12.3. The van der Waals surface area contributed by atoms with Crippen LogP contribution in [0.1, 0.15) is 32.0 Å². The van der Waals surface area contributed by atoms with E-state index >= 15 is 0 Å². The quantitative estimate of drug-likeness (QED) is 0.466.